The van der Waals surface area contributed by atoms with Crippen molar-refractivity contribution in [3.8, 4) is 0 Å². The molecule has 0 saturated heterocycles. The second-order valence-electron chi connectivity index (χ2n) is 5.34. The molecule has 130 valence electrons. The van der Waals surface area contributed by atoms with Gasteiger partial charge in [-0.2, -0.15) is 0 Å². The number of carbonyl (C=O) groups excluding carboxylic acids is 1. The van der Waals surface area contributed by atoms with Gasteiger partial charge in [-0.05, 0) is 42.3 Å². The highest BCUT2D eigenvalue weighted by atomic mass is 35.5. The highest BCUT2D eigenvalue weighted by molar-refractivity contribution is 7.90. The molecule has 2 heterocycles. The summed E-state index contributed by atoms with van der Waals surface area (Å²) < 4.78 is 42.2. The fraction of sp³-hybridized carbons (Fsp3) is 0.267. The zero-order chi connectivity index (χ0) is 16.6. The second kappa shape index (κ2) is 6.92. The number of anilines is 1. The van der Waals surface area contributed by atoms with E-state index in [1.165, 1.54) is 18.2 Å². The maximum Gasteiger partial charge on any atom is 0.291 e. The molecular formula is C15H16ClFN2O4S. The van der Waals surface area contributed by atoms with E-state index in [2.05, 4.69) is 10.6 Å². The van der Waals surface area contributed by atoms with Crippen molar-refractivity contribution in [2.45, 2.75) is 18.1 Å². The topological polar surface area (TPSA) is 88.4 Å². The van der Waals surface area contributed by atoms with Gasteiger partial charge < -0.3 is 15.1 Å². The van der Waals surface area contributed by atoms with Crippen molar-refractivity contribution in [1.82, 2.24) is 5.32 Å². The number of amides is 1. The number of furan rings is 1. The van der Waals surface area contributed by atoms with Gasteiger partial charge in [0.15, 0.2) is 5.76 Å². The van der Waals surface area contributed by atoms with E-state index in [1.54, 1.807) is 6.07 Å². The first kappa shape index (κ1) is 18.4. The van der Waals surface area contributed by atoms with Crippen LogP contribution in [-0.4, -0.2) is 27.1 Å². The zero-order valence-electron chi connectivity index (χ0n) is 12.8. The molecule has 1 aliphatic heterocycles. The largest absolute Gasteiger partial charge is 0.440 e. The van der Waals surface area contributed by atoms with E-state index in [1.807, 2.05) is 0 Å². The number of benzene rings is 1. The van der Waals surface area contributed by atoms with Crippen LogP contribution in [0.3, 0.4) is 0 Å². The van der Waals surface area contributed by atoms with E-state index in [9.17, 15) is 17.6 Å². The Kier molecular flexibility index (Phi) is 5.32. The molecule has 1 aliphatic rings. The van der Waals surface area contributed by atoms with Crippen molar-refractivity contribution >= 4 is 33.8 Å². The second-order valence-corrected chi connectivity index (χ2v) is 7.28. The Morgan fingerprint density at radius 2 is 2.04 bits per heavy atom. The molecule has 0 aliphatic carbocycles. The summed E-state index contributed by atoms with van der Waals surface area (Å²) in [7, 11) is -3.54. The van der Waals surface area contributed by atoms with E-state index in [-0.39, 0.29) is 28.9 Å². The Morgan fingerprint density at radius 3 is 2.71 bits per heavy atom. The molecule has 3 rings (SSSR count). The summed E-state index contributed by atoms with van der Waals surface area (Å²) in [5.74, 6) is -1.36. The molecule has 9 heteroatoms. The number of rotatable bonds is 3. The SMILES string of the molecule is CS(=O)(=O)c1ccc(C(=O)Nc2ccc3c(c2F)CCNC3)o1.Cl. The van der Waals surface area contributed by atoms with Gasteiger partial charge >= 0.3 is 0 Å². The van der Waals surface area contributed by atoms with Crippen molar-refractivity contribution in [3.05, 3.63) is 47.0 Å². The monoisotopic (exact) mass is 374 g/mol. The maximum absolute atomic E-state index is 14.5. The highest BCUT2D eigenvalue weighted by Gasteiger charge is 2.20. The first-order chi connectivity index (χ1) is 10.9. The van der Waals surface area contributed by atoms with Crippen molar-refractivity contribution < 1.29 is 22.0 Å². The molecular weight excluding hydrogens is 359 g/mol. The van der Waals surface area contributed by atoms with Gasteiger partial charge in [0.05, 0.1) is 5.69 Å². The molecule has 1 amide bonds. The number of carbonyl (C=O) groups is 1. The number of hydrogen-bond acceptors (Lipinski definition) is 5. The number of fused-ring (bicyclic) bond motifs is 1. The Morgan fingerprint density at radius 1 is 1.29 bits per heavy atom. The minimum atomic E-state index is -3.54. The van der Waals surface area contributed by atoms with Crippen LogP contribution in [0.25, 0.3) is 0 Å². The standard InChI is InChI=1S/C15H15FN2O4S.ClH/c1-23(20,21)13-5-4-12(22-13)15(19)18-11-3-2-9-8-17-7-6-10(9)14(11)16;/h2-5,17H,6-8H2,1H3,(H,18,19);1H. The van der Waals surface area contributed by atoms with E-state index < -0.39 is 21.6 Å². The van der Waals surface area contributed by atoms with Gasteiger partial charge in [0, 0.05) is 12.8 Å². The molecule has 1 aromatic carbocycles. The Bertz CT molecular complexity index is 880. The van der Waals surface area contributed by atoms with Gasteiger partial charge in [0.25, 0.3) is 5.91 Å². The van der Waals surface area contributed by atoms with Crippen LogP contribution in [0.15, 0.2) is 33.8 Å². The summed E-state index contributed by atoms with van der Waals surface area (Å²) in [6, 6.07) is 5.68. The number of nitrogens with one attached hydrogen (secondary N) is 2. The van der Waals surface area contributed by atoms with Crippen molar-refractivity contribution in [2.75, 3.05) is 18.1 Å². The molecule has 0 fully saturated rings. The summed E-state index contributed by atoms with van der Waals surface area (Å²) in [6.45, 7) is 1.27. The van der Waals surface area contributed by atoms with Crippen molar-refractivity contribution in [2.24, 2.45) is 0 Å². The summed E-state index contributed by atoms with van der Waals surface area (Å²) >= 11 is 0. The Labute approximate surface area is 144 Å². The van der Waals surface area contributed by atoms with Crippen molar-refractivity contribution in [3.63, 3.8) is 0 Å². The molecule has 1 aromatic heterocycles. The third kappa shape index (κ3) is 3.61. The van der Waals surface area contributed by atoms with Crippen LogP contribution >= 0.6 is 12.4 Å². The summed E-state index contributed by atoms with van der Waals surface area (Å²) in [6.07, 6.45) is 1.52. The minimum absolute atomic E-state index is 0. The molecule has 24 heavy (non-hydrogen) atoms. The summed E-state index contributed by atoms with van der Waals surface area (Å²) in [4.78, 5) is 12.1. The molecule has 0 bridgehead atoms. The summed E-state index contributed by atoms with van der Waals surface area (Å²) in [5, 5.41) is 5.26. The molecule has 0 saturated carbocycles. The van der Waals surface area contributed by atoms with Crippen LogP contribution in [-0.2, 0) is 22.8 Å². The van der Waals surface area contributed by atoms with Crippen LogP contribution in [0.5, 0.6) is 0 Å². The molecule has 0 spiro atoms. The van der Waals surface area contributed by atoms with Crippen molar-refractivity contribution in [1.29, 1.82) is 0 Å². The van der Waals surface area contributed by atoms with Gasteiger partial charge in [-0.1, -0.05) is 6.07 Å². The predicted octanol–water partition coefficient (Wildman–Crippen LogP) is 2.14. The molecule has 0 radical (unpaired) electrons. The average molecular weight is 375 g/mol. The number of sulfone groups is 1. The zero-order valence-corrected chi connectivity index (χ0v) is 14.4. The van der Waals surface area contributed by atoms with E-state index in [0.29, 0.717) is 25.1 Å². The minimum Gasteiger partial charge on any atom is -0.440 e. The molecule has 2 N–H and O–H groups in total. The van der Waals surface area contributed by atoms with E-state index in [4.69, 9.17) is 4.42 Å². The number of halogens is 2. The first-order valence-corrected chi connectivity index (χ1v) is 8.87. The molecule has 2 aromatic rings. The Hall–Kier alpha value is -1.90. The van der Waals surface area contributed by atoms with Gasteiger partial charge in [-0.25, -0.2) is 12.8 Å². The van der Waals surface area contributed by atoms with E-state index >= 15 is 0 Å². The third-order valence-corrected chi connectivity index (χ3v) is 4.58. The average Bonchev–Trinajstić information content (AvgIpc) is 3.00. The van der Waals surface area contributed by atoms with Gasteiger partial charge in [-0.3, -0.25) is 4.79 Å². The van der Waals surface area contributed by atoms with Crippen LogP contribution in [0.4, 0.5) is 10.1 Å². The van der Waals surface area contributed by atoms with Gasteiger partial charge in [0.1, 0.15) is 5.82 Å². The lowest BCUT2D eigenvalue weighted by molar-refractivity contribution is 0.0991. The third-order valence-electron chi connectivity index (χ3n) is 3.63. The van der Waals surface area contributed by atoms with Crippen LogP contribution in [0, 0.1) is 5.82 Å². The predicted molar refractivity (Wildman–Crippen MR) is 88.8 cm³/mol. The summed E-state index contributed by atoms with van der Waals surface area (Å²) in [5.41, 5.74) is 1.50. The lowest BCUT2D eigenvalue weighted by atomic mass is 9.99. The molecule has 0 unspecified atom stereocenters. The van der Waals surface area contributed by atoms with Gasteiger partial charge in [-0.15, -0.1) is 12.4 Å². The van der Waals surface area contributed by atoms with E-state index in [0.717, 1.165) is 11.8 Å². The quantitative estimate of drug-likeness (QED) is 0.859. The van der Waals surface area contributed by atoms with Crippen LogP contribution in [0.2, 0.25) is 0 Å². The fourth-order valence-electron chi connectivity index (χ4n) is 2.46. The lowest BCUT2D eigenvalue weighted by Gasteiger charge is -2.19. The highest BCUT2D eigenvalue weighted by Crippen LogP contribution is 2.25. The van der Waals surface area contributed by atoms with Gasteiger partial charge in [0.2, 0.25) is 14.9 Å². The maximum atomic E-state index is 14.5. The van der Waals surface area contributed by atoms with Crippen LogP contribution < -0.4 is 10.6 Å². The lowest BCUT2D eigenvalue weighted by Crippen LogP contribution is -2.25. The smallest absolute Gasteiger partial charge is 0.291 e. The first-order valence-electron chi connectivity index (χ1n) is 6.98. The Balaban J connectivity index is 0.00000208. The normalized spacial score (nSPS) is 13.8. The van der Waals surface area contributed by atoms with Crippen LogP contribution in [0.1, 0.15) is 21.7 Å². The fourth-order valence-corrected chi connectivity index (χ4v) is 3.01. The number of hydrogen-bond donors (Lipinski definition) is 2. The molecule has 6 nitrogen and oxygen atoms in total. The molecule has 0 atom stereocenters.